The summed E-state index contributed by atoms with van der Waals surface area (Å²) in [6.07, 6.45) is -0.619. The van der Waals surface area contributed by atoms with Crippen molar-refractivity contribution in [2.24, 2.45) is 0 Å². The van der Waals surface area contributed by atoms with Gasteiger partial charge in [-0.15, -0.1) is 0 Å². The number of piperazine rings is 1. The van der Waals surface area contributed by atoms with Crippen LogP contribution in [0.25, 0.3) is 5.65 Å². The van der Waals surface area contributed by atoms with Crippen LogP contribution >= 0.6 is 11.6 Å². The highest BCUT2D eigenvalue weighted by atomic mass is 35.5. The number of amides is 3. The Balaban J connectivity index is 1.39. The maximum atomic E-state index is 13.7. The number of fused-ring (bicyclic) bond motifs is 1. The van der Waals surface area contributed by atoms with Gasteiger partial charge in [-0.05, 0) is 36.8 Å². The lowest BCUT2D eigenvalue weighted by molar-refractivity contribution is -0.143. The Morgan fingerprint density at radius 3 is 2.50 bits per heavy atom. The van der Waals surface area contributed by atoms with E-state index in [1.165, 1.54) is 11.1 Å². The number of piperidine rings is 1. The number of likely N-dealkylation sites (N-methyl/N-ethyl adjacent to an activating group) is 1. The normalized spacial score (nSPS) is 22.1. The van der Waals surface area contributed by atoms with E-state index in [1.54, 1.807) is 16.8 Å². The van der Waals surface area contributed by atoms with Crippen molar-refractivity contribution in [2.75, 3.05) is 33.2 Å². The number of halogens is 4. The monoisotopic (exact) mass is 497 g/mol. The third-order valence-electron chi connectivity index (χ3n) is 6.83. The Labute approximate surface area is 198 Å². The quantitative estimate of drug-likeness (QED) is 0.653. The van der Waals surface area contributed by atoms with Gasteiger partial charge in [0.15, 0.2) is 11.3 Å². The van der Waals surface area contributed by atoms with Crippen molar-refractivity contribution < 1.29 is 27.6 Å². The maximum Gasteiger partial charge on any atom is 0.419 e. The average molecular weight is 498 g/mol. The molecule has 3 amide bonds. The molecule has 1 atom stereocenters. The van der Waals surface area contributed by atoms with Crippen molar-refractivity contribution in [2.45, 2.75) is 43.8 Å². The predicted octanol–water partition coefficient (Wildman–Crippen LogP) is 2.79. The first-order valence-corrected chi connectivity index (χ1v) is 11.5. The summed E-state index contributed by atoms with van der Waals surface area (Å²) in [6, 6.07) is 0.958. The van der Waals surface area contributed by atoms with Gasteiger partial charge in [0, 0.05) is 45.3 Å². The summed E-state index contributed by atoms with van der Waals surface area (Å²) in [5.74, 6) is -0.886. The van der Waals surface area contributed by atoms with Crippen molar-refractivity contribution in [3.63, 3.8) is 0 Å². The summed E-state index contributed by atoms with van der Waals surface area (Å²) >= 11 is 6.36. The van der Waals surface area contributed by atoms with Crippen LogP contribution in [0.4, 0.5) is 13.2 Å². The third kappa shape index (κ3) is 3.99. The van der Waals surface area contributed by atoms with Gasteiger partial charge in [0.2, 0.25) is 11.8 Å². The molecule has 2 saturated heterocycles. The molecule has 1 aliphatic carbocycles. The van der Waals surface area contributed by atoms with E-state index in [9.17, 15) is 27.6 Å². The van der Waals surface area contributed by atoms with Crippen molar-refractivity contribution in [1.29, 1.82) is 0 Å². The molecule has 0 aromatic carbocycles. The fraction of sp³-hybridized carbons (Fsp3) is 0.545. The second kappa shape index (κ2) is 8.14. The number of carbonyl (C=O) groups excluding carboxylic acids is 3. The van der Waals surface area contributed by atoms with E-state index in [1.807, 2.05) is 0 Å². The summed E-state index contributed by atoms with van der Waals surface area (Å²) in [4.78, 5) is 46.2. The number of alkyl halides is 3. The minimum Gasteiger partial charge on any atom is -0.344 e. The highest BCUT2D eigenvalue weighted by Gasteiger charge is 2.39. The first-order valence-electron chi connectivity index (χ1n) is 11.2. The summed E-state index contributed by atoms with van der Waals surface area (Å²) in [7, 11) is 1.69. The average Bonchev–Trinajstić information content (AvgIpc) is 3.58. The van der Waals surface area contributed by atoms with Crippen LogP contribution < -0.4 is 0 Å². The van der Waals surface area contributed by atoms with Gasteiger partial charge in [0.1, 0.15) is 11.7 Å². The molecule has 0 bridgehead atoms. The summed E-state index contributed by atoms with van der Waals surface area (Å²) < 4.78 is 42.3. The van der Waals surface area contributed by atoms with E-state index < -0.39 is 23.3 Å². The molecule has 1 unspecified atom stereocenters. The van der Waals surface area contributed by atoms with Crippen LogP contribution in [0, 0.1) is 0 Å². The number of hydrogen-bond acceptors (Lipinski definition) is 4. The van der Waals surface area contributed by atoms with E-state index in [2.05, 4.69) is 4.98 Å². The molecule has 0 N–H and O–H groups in total. The number of rotatable bonds is 3. The second-order valence-electron chi connectivity index (χ2n) is 9.18. The van der Waals surface area contributed by atoms with Crippen LogP contribution in [-0.2, 0) is 15.8 Å². The standard InChI is InChI=1S/C22H23ClF3N5O3/c1-28-10-14(4-5-16(28)32)30-7-6-29(11-17(30)33)21(34)18-19(23)31-9-13(12-2-3-12)8-15(20(31)27-18)22(24,25)26/h8-9,12,14H,2-7,10-11H2,1H3. The molecule has 2 aromatic rings. The fourth-order valence-corrected chi connectivity index (χ4v) is 5.02. The van der Waals surface area contributed by atoms with Crippen LogP contribution in [0.1, 0.15) is 53.2 Å². The highest BCUT2D eigenvalue weighted by molar-refractivity contribution is 6.33. The molecule has 5 rings (SSSR count). The van der Waals surface area contributed by atoms with E-state index >= 15 is 0 Å². The molecule has 182 valence electrons. The van der Waals surface area contributed by atoms with E-state index in [0.29, 0.717) is 24.9 Å². The van der Waals surface area contributed by atoms with E-state index in [-0.39, 0.29) is 54.3 Å². The molecule has 3 fully saturated rings. The largest absolute Gasteiger partial charge is 0.419 e. The van der Waals surface area contributed by atoms with Crippen molar-refractivity contribution in [3.05, 3.63) is 34.2 Å². The third-order valence-corrected chi connectivity index (χ3v) is 7.19. The molecule has 2 aliphatic heterocycles. The van der Waals surface area contributed by atoms with Gasteiger partial charge in [-0.25, -0.2) is 4.98 Å². The van der Waals surface area contributed by atoms with Crippen LogP contribution in [-0.4, -0.2) is 81.1 Å². The van der Waals surface area contributed by atoms with E-state index in [4.69, 9.17) is 11.6 Å². The summed E-state index contributed by atoms with van der Waals surface area (Å²) in [6.45, 7) is 0.668. The molecule has 8 nitrogen and oxygen atoms in total. The number of imidazole rings is 1. The topological polar surface area (TPSA) is 78.2 Å². The van der Waals surface area contributed by atoms with Gasteiger partial charge in [-0.1, -0.05) is 11.6 Å². The Kier molecular flexibility index (Phi) is 5.50. The zero-order chi connectivity index (χ0) is 24.4. The first-order chi connectivity index (χ1) is 16.0. The molecule has 1 saturated carbocycles. The van der Waals surface area contributed by atoms with Crippen LogP contribution in [0.5, 0.6) is 0 Å². The second-order valence-corrected chi connectivity index (χ2v) is 9.54. The lowest BCUT2D eigenvalue weighted by Gasteiger charge is -2.42. The Morgan fingerprint density at radius 1 is 1.15 bits per heavy atom. The van der Waals surface area contributed by atoms with Crippen molar-refractivity contribution in [1.82, 2.24) is 24.1 Å². The van der Waals surface area contributed by atoms with Gasteiger partial charge < -0.3 is 14.7 Å². The molecule has 34 heavy (non-hydrogen) atoms. The molecular formula is C22H23ClF3N5O3. The molecular weight excluding hydrogens is 475 g/mol. The SMILES string of the molecule is CN1CC(N2CCN(C(=O)c3nc4c(C(F)(F)F)cc(C5CC5)cn4c3Cl)CC2=O)CCC1=O. The smallest absolute Gasteiger partial charge is 0.344 e. The number of pyridine rings is 1. The van der Waals surface area contributed by atoms with Gasteiger partial charge in [-0.2, -0.15) is 13.2 Å². The molecule has 2 aromatic heterocycles. The number of carbonyl (C=O) groups is 3. The first kappa shape index (κ1) is 22.9. The number of hydrogen-bond donors (Lipinski definition) is 0. The minimum absolute atomic E-state index is 0.0297. The number of likely N-dealkylation sites (tertiary alicyclic amines) is 1. The van der Waals surface area contributed by atoms with Gasteiger partial charge in [0.25, 0.3) is 5.91 Å². The lowest BCUT2D eigenvalue weighted by atomic mass is 10.0. The Morgan fingerprint density at radius 2 is 1.88 bits per heavy atom. The predicted molar refractivity (Wildman–Crippen MR) is 115 cm³/mol. The van der Waals surface area contributed by atoms with Crippen LogP contribution in [0.3, 0.4) is 0 Å². The molecule has 12 heteroatoms. The maximum absolute atomic E-state index is 13.7. The summed E-state index contributed by atoms with van der Waals surface area (Å²) in [5, 5.41) is -0.199. The fourth-order valence-electron chi connectivity index (χ4n) is 4.76. The van der Waals surface area contributed by atoms with Gasteiger partial charge in [0.05, 0.1) is 5.56 Å². The number of nitrogens with zero attached hydrogens (tertiary/aromatic N) is 5. The molecule has 0 spiro atoms. The van der Waals surface area contributed by atoms with Crippen LogP contribution in [0.15, 0.2) is 12.3 Å². The van der Waals surface area contributed by atoms with E-state index in [0.717, 1.165) is 23.3 Å². The molecule has 0 radical (unpaired) electrons. The zero-order valence-corrected chi connectivity index (χ0v) is 19.2. The Bertz CT molecular complexity index is 1190. The zero-order valence-electron chi connectivity index (χ0n) is 18.4. The molecule has 4 heterocycles. The molecule has 3 aliphatic rings. The highest BCUT2D eigenvalue weighted by Crippen LogP contribution is 2.43. The number of aromatic nitrogens is 2. The van der Waals surface area contributed by atoms with Gasteiger partial charge in [-0.3, -0.25) is 18.8 Å². The van der Waals surface area contributed by atoms with Crippen molar-refractivity contribution in [3.8, 4) is 0 Å². The van der Waals surface area contributed by atoms with Crippen LogP contribution in [0.2, 0.25) is 5.15 Å². The summed E-state index contributed by atoms with van der Waals surface area (Å²) in [5.41, 5.74) is -1.15. The lowest BCUT2D eigenvalue weighted by Crippen LogP contribution is -2.59. The van der Waals surface area contributed by atoms with Crippen molar-refractivity contribution >= 4 is 35.0 Å². The minimum atomic E-state index is -4.66. The Hall–Kier alpha value is -2.82. The van der Waals surface area contributed by atoms with Gasteiger partial charge >= 0.3 is 6.18 Å².